The summed E-state index contributed by atoms with van der Waals surface area (Å²) < 4.78 is 6.10. The molecule has 1 aromatic heterocycles. The molecule has 0 unspecified atom stereocenters. The van der Waals surface area contributed by atoms with Crippen molar-refractivity contribution in [2.24, 2.45) is 11.8 Å². The molecule has 1 saturated heterocycles. The highest BCUT2D eigenvalue weighted by Crippen LogP contribution is 2.31. The van der Waals surface area contributed by atoms with Crippen LogP contribution in [0.2, 0.25) is 0 Å². The van der Waals surface area contributed by atoms with Crippen LogP contribution in [-0.4, -0.2) is 93.8 Å². The zero-order valence-electron chi connectivity index (χ0n) is 27.2. The van der Waals surface area contributed by atoms with Gasteiger partial charge in [-0.1, -0.05) is 66.7 Å². The van der Waals surface area contributed by atoms with E-state index in [0.717, 1.165) is 51.5 Å². The van der Waals surface area contributed by atoms with Crippen LogP contribution in [0.3, 0.4) is 0 Å². The van der Waals surface area contributed by atoms with Crippen molar-refractivity contribution in [2.45, 2.75) is 124 Å². The van der Waals surface area contributed by atoms with Crippen LogP contribution in [0, 0.1) is 11.8 Å². The maximum absolute atomic E-state index is 14.6. The predicted octanol–water partition coefficient (Wildman–Crippen LogP) is 5.12. The molecule has 0 bridgehead atoms. The van der Waals surface area contributed by atoms with E-state index in [0.29, 0.717) is 37.5 Å². The molecule has 1 fully saturated rings. The Hall–Kier alpha value is -2.08. The van der Waals surface area contributed by atoms with Crippen molar-refractivity contribution in [1.82, 2.24) is 20.1 Å². The van der Waals surface area contributed by atoms with E-state index in [-0.39, 0.29) is 48.0 Å². The molecular weight excluding hydrogens is 568 g/mol. The highest BCUT2D eigenvalue weighted by molar-refractivity contribution is 7.09. The van der Waals surface area contributed by atoms with Crippen LogP contribution in [0.1, 0.15) is 121 Å². The molecule has 0 aliphatic carbocycles. The number of β-amino-alcohol motifs (C(OH)–C–C–N with tert-alkyl or cyclic N) is 1. The number of nitrogens with one attached hydrogen (secondary N) is 1. The number of rotatable bonds is 20. The average Bonchev–Trinajstić information content (AvgIpc) is 3.49. The molecule has 1 aliphatic heterocycles. The molecule has 10 nitrogen and oxygen atoms in total. The topological polar surface area (TPSA) is 132 Å². The Balaban J connectivity index is 2.41. The molecule has 2 heterocycles. The summed E-state index contributed by atoms with van der Waals surface area (Å²) in [5, 5.41) is 24.3. The van der Waals surface area contributed by atoms with E-state index >= 15 is 0 Å². The van der Waals surface area contributed by atoms with E-state index in [1.807, 2.05) is 30.6 Å². The molecule has 0 radical (unpaired) electrons. The summed E-state index contributed by atoms with van der Waals surface area (Å²) >= 11 is 1.27. The quantitative estimate of drug-likeness (QED) is 0.170. The number of aromatic nitrogens is 1. The molecular formula is C32H56N4O6S. The van der Waals surface area contributed by atoms with Crippen molar-refractivity contribution < 1.29 is 29.3 Å². The van der Waals surface area contributed by atoms with E-state index in [9.17, 15) is 24.6 Å². The number of carboxylic acid groups (broad SMARTS) is 1. The van der Waals surface area contributed by atoms with Gasteiger partial charge < -0.3 is 25.2 Å². The van der Waals surface area contributed by atoms with Gasteiger partial charge in [-0.15, -0.1) is 11.3 Å². The predicted molar refractivity (Wildman–Crippen MR) is 170 cm³/mol. The van der Waals surface area contributed by atoms with Gasteiger partial charge in [0, 0.05) is 37.5 Å². The van der Waals surface area contributed by atoms with E-state index < -0.39 is 18.1 Å². The van der Waals surface area contributed by atoms with Crippen LogP contribution >= 0.6 is 11.3 Å². The normalized spacial score (nSPS) is 18.7. The van der Waals surface area contributed by atoms with Crippen molar-refractivity contribution in [2.75, 3.05) is 32.8 Å². The first-order chi connectivity index (χ1) is 20.6. The van der Waals surface area contributed by atoms with Crippen molar-refractivity contribution in [3.8, 4) is 0 Å². The summed E-state index contributed by atoms with van der Waals surface area (Å²) in [6.45, 7) is 14.5. The van der Waals surface area contributed by atoms with Gasteiger partial charge in [-0.3, -0.25) is 14.5 Å². The number of piperidine rings is 1. The number of ether oxygens (including phenoxy) is 1. The maximum atomic E-state index is 14.6. The van der Waals surface area contributed by atoms with Crippen LogP contribution in [0.5, 0.6) is 0 Å². The van der Waals surface area contributed by atoms with Crippen molar-refractivity contribution in [3.63, 3.8) is 0 Å². The van der Waals surface area contributed by atoms with Crippen molar-refractivity contribution in [1.29, 1.82) is 0 Å². The van der Waals surface area contributed by atoms with Gasteiger partial charge in [-0.25, -0.2) is 9.78 Å². The molecule has 3 N–H and O–H groups in total. The Kier molecular flexibility index (Phi) is 16.7. The fourth-order valence-corrected chi connectivity index (χ4v) is 6.75. The molecule has 1 aromatic rings. The lowest BCUT2D eigenvalue weighted by Gasteiger charge is -2.40. The van der Waals surface area contributed by atoms with E-state index in [4.69, 9.17) is 4.74 Å². The molecule has 2 rings (SSSR count). The molecule has 11 heteroatoms. The molecule has 1 aliphatic rings. The van der Waals surface area contributed by atoms with Gasteiger partial charge in [-0.05, 0) is 44.6 Å². The number of carbonyl (C=O) groups excluding carboxylic acids is 2. The lowest BCUT2D eigenvalue weighted by atomic mass is 9.91. The summed E-state index contributed by atoms with van der Waals surface area (Å²) in [5.74, 6) is -1.28. The standard InChI is InChI=1S/C32H56N4O6S/c1-7-10-11-13-17-36(26(22(4)5)20-27(42-9-3)30-33-24(21-43-30)32(40)41)31(39)28(23(6)8-2)34-29(38)25-15-12-14-16-35(25)18-19-37/h21-23,25-28,37H,7-20H2,1-6H3,(H,34,38)(H,40,41)/t23-,25+,26+,27+,28-/m0/s1. The number of aromatic carboxylic acids is 1. The number of aliphatic hydroxyl groups excluding tert-OH is 1. The van der Waals surface area contributed by atoms with Crippen LogP contribution < -0.4 is 5.32 Å². The zero-order valence-corrected chi connectivity index (χ0v) is 28.0. The monoisotopic (exact) mass is 624 g/mol. The fraction of sp³-hybridized carbons (Fsp3) is 0.812. The number of likely N-dealkylation sites (tertiary alicyclic amines) is 1. The Morgan fingerprint density at radius 2 is 1.91 bits per heavy atom. The van der Waals surface area contributed by atoms with E-state index in [1.165, 1.54) is 16.7 Å². The Labute approximate surface area is 262 Å². The molecule has 0 aromatic carbocycles. The second-order valence-electron chi connectivity index (χ2n) is 12.1. The Morgan fingerprint density at radius 3 is 2.49 bits per heavy atom. The van der Waals surface area contributed by atoms with Gasteiger partial charge in [0.25, 0.3) is 0 Å². The first-order valence-electron chi connectivity index (χ1n) is 16.3. The number of aliphatic hydroxyl groups is 1. The van der Waals surface area contributed by atoms with Crippen LogP contribution in [0.25, 0.3) is 0 Å². The smallest absolute Gasteiger partial charge is 0.355 e. The zero-order chi connectivity index (χ0) is 31.9. The lowest BCUT2D eigenvalue weighted by molar-refractivity contribution is -0.143. The molecule has 0 spiro atoms. The summed E-state index contributed by atoms with van der Waals surface area (Å²) in [4.78, 5) is 48.1. The number of amides is 2. The third kappa shape index (κ3) is 11.1. The number of hydrogen-bond donors (Lipinski definition) is 3. The number of carboxylic acids is 1. The summed E-state index contributed by atoms with van der Waals surface area (Å²) in [6, 6.07) is -1.23. The number of unbranched alkanes of at least 4 members (excludes halogenated alkanes) is 3. The largest absolute Gasteiger partial charge is 0.476 e. The Bertz CT molecular complexity index is 987. The average molecular weight is 625 g/mol. The first kappa shape index (κ1) is 37.1. The number of thiazole rings is 1. The minimum atomic E-state index is -1.08. The van der Waals surface area contributed by atoms with Gasteiger partial charge in [0.05, 0.1) is 12.6 Å². The number of carbonyl (C=O) groups is 3. The molecule has 246 valence electrons. The highest BCUT2D eigenvalue weighted by atomic mass is 32.1. The SMILES string of the molecule is CCCCCCN(C(=O)[C@@H](NC(=O)[C@H]1CCCCN1CCO)[C@@H](C)CC)[C@H](C[C@@H](OCC)c1nc(C(=O)O)cs1)C(C)C. The van der Waals surface area contributed by atoms with Crippen molar-refractivity contribution in [3.05, 3.63) is 16.1 Å². The highest BCUT2D eigenvalue weighted by Gasteiger charge is 2.38. The van der Waals surface area contributed by atoms with Crippen molar-refractivity contribution >= 4 is 29.1 Å². The first-order valence-corrected chi connectivity index (χ1v) is 17.2. The summed E-state index contributed by atoms with van der Waals surface area (Å²) in [6.07, 6.45) is 7.44. The summed E-state index contributed by atoms with van der Waals surface area (Å²) in [7, 11) is 0. The van der Waals surface area contributed by atoms with Gasteiger partial charge >= 0.3 is 5.97 Å². The maximum Gasteiger partial charge on any atom is 0.355 e. The van der Waals surface area contributed by atoms with Crippen LogP contribution in [0.15, 0.2) is 5.38 Å². The number of hydrogen-bond acceptors (Lipinski definition) is 8. The van der Waals surface area contributed by atoms with E-state index in [2.05, 4.69) is 31.1 Å². The van der Waals surface area contributed by atoms with Crippen LogP contribution in [-0.2, 0) is 14.3 Å². The lowest BCUT2D eigenvalue weighted by Crippen LogP contribution is -2.59. The molecule has 43 heavy (non-hydrogen) atoms. The fourth-order valence-electron chi connectivity index (χ4n) is 5.90. The number of nitrogens with zero attached hydrogens (tertiary/aromatic N) is 3. The summed E-state index contributed by atoms with van der Waals surface area (Å²) in [5.41, 5.74) is -0.00389. The molecule has 5 atom stereocenters. The minimum Gasteiger partial charge on any atom is -0.476 e. The third-order valence-electron chi connectivity index (χ3n) is 8.63. The van der Waals surface area contributed by atoms with Gasteiger partial charge in [-0.2, -0.15) is 0 Å². The second-order valence-corrected chi connectivity index (χ2v) is 13.0. The van der Waals surface area contributed by atoms with E-state index in [1.54, 1.807) is 0 Å². The second kappa shape index (κ2) is 19.3. The van der Waals surface area contributed by atoms with Gasteiger partial charge in [0.15, 0.2) is 5.69 Å². The minimum absolute atomic E-state index is 0.00389. The Morgan fingerprint density at radius 1 is 1.16 bits per heavy atom. The molecule has 2 amide bonds. The third-order valence-corrected chi connectivity index (χ3v) is 9.56. The van der Waals surface area contributed by atoms with Gasteiger partial charge in [0.1, 0.15) is 17.2 Å². The molecule has 0 saturated carbocycles. The van der Waals surface area contributed by atoms with Crippen LogP contribution in [0.4, 0.5) is 0 Å². The van der Waals surface area contributed by atoms with Gasteiger partial charge in [0.2, 0.25) is 11.8 Å².